The van der Waals surface area contributed by atoms with Gasteiger partial charge in [-0.25, -0.2) is 0 Å². The second-order valence-corrected chi connectivity index (χ2v) is 3.44. The maximum Gasteiger partial charge on any atom is 0.0191 e. The molecule has 0 aliphatic rings. The first-order chi connectivity index (χ1) is 6.25. The van der Waals surface area contributed by atoms with E-state index >= 15 is 0 Å². The van der Waals surface area contributed by atoms with Gasteiger partial charge in [0.15, 0.2) is 0 Å². The van der Waals surface area contributed by atoms with Crippen molar-refractivity contribution in [2.45, 2.75) is 13.3 Å². The third kappa shape index (κ3) is 2.74. The molecule has 0 spiro atoms. The SMILES string of the molecule is C=CCC(=C(C)Cl)c1ccccc1. The zero-order valence-electron chi connectivity index (χ0n) is 7.76. The minimum absolute atomic E-state index is 0.819. The van der Waals surface area contributed by atoms with Crippen molar-refractivity contribution in [2.24, 2.45) is 0 Å². The van der Waals surface area contributed by atoms with Crippen molar-refractivity contribution < 1.29 is 0 Å². The lowest BCUT2D eigenvalue weighted by molar-refractivity contribution is 1.37. The molecule has 13 heavy (non-hydrogen) atoms. The van der Waals surface area contributed by atoms with Gasteiger partial charge in [0.2, 0.25) is 0 Å². The average Bonchev–Trinajstić information content (AvgIpc) is 2.15. The maximum absolute atomic E-state index is 5.99. The van der Waals surface area contributed by atoms with E-state index in [9.17, 15) is 0 Å². The molecule has 0 unspecified atom stereocenters. The van der Waals surface area contributed by atoms with E-state index in [1.54, 1.807) is 0 Å². The first kappa shape index (κ1) is 10.1. The molecule has 0 atom stereocenters. The van der Waals surface area contributed by atoms with Gasteiger partial charge in [-0.3, -0.25) is 0 Å². The quantitative estimate of drug-likeness (QED) is 0.629. The summed E-state index contributed by atoms with van der Waals surface area (Å²) in [5.74, 6) is 0. The number of rotatable bonds is 3. The van der Waals surface area contributed by atoms with Gasteiger partial charge in [-0.1, -0.05) is 48.0 Å². The van der Waals surface area contributed by atoms with E-state index in [2.05, 4.69) is 18.7 Å². The van der Waals surface area contributed by atoms with E-state index in [0.29, 0.717) is 0 Å². The summed E-state index contributed by atoms with van der Waals surface area (Å²) in [6.45, 7) is 5.63. The summed E-state index contributed by atoms with van der Waals surface area (Å²) in [7, 11) is 0. The summed E-state index contributed by atoms with van der Waals surface area (Å²) in [5.41, 5.74) is 2.33. The van der Waals surface area contributed by atoms with Gasteiger partial charge in [0.1, 0.15) is 0 Å². The molecule has 1 rings (SSSR count). The molecule has 1 aromatic carbocycles. The molecule has 0 aromatic heterocycles. The van der Waals surface area contributed by atoms with Crippen LogP contribution in [0.4, 0.5) is 0 Å². The molecule has 1 heteroatoms. The molecule has 1 aromatic rings. The Morgan fingerprint density at radius 1 is 1.38 bits per heavy atom. The van der Waals surface area contributed by atoms with Gasteiger partial charge in [-0.2, -0.15) is 0 Å². The molecule has 0 radical (unpaired) electrons. The molecule has 0 nitrogen and oxygen atoms in total. The lowest BCUT2D eigenvalue weighted by atomic mass is 10.0. The fourth-order valence-electron chi connectivity index (χ4n) is 1.24. The highest BCUT2D eigenvalue weighted by atomic mass is 35.5. The summed E-state index contributed by atoms with van der Waals surface area (Å²) < 4.78 is 0. The molecule has 0 aliphatic heterocycles. The van der Waals surface area contributed by atoms with E-state index in [1.165, 1.54) is 5.56 Å². The Morgan fingerprint density at radius 2 is 2.00 bits per heavy atom. The van der Waals surface area contributed by atoms with Crippen molar-refractivity contribution in [3.63, 3.8) is 0 Å². The Bertz CT molecular complexity index is 305. The Hall–Kier alpha value is -1.01. The number of hydrogen-bond donors (Lipinski definition) is 0. The highest BCUT2D eigenvalue weighted by molar-refractivity contribution is 6.32. The zero-order chi connectivity index (χ0) is 9.68. The van der Waals surface area contributed by atoms with Gasteiger partial charge in [0.25, 0.3) is 0 Å². The number of benzene rings is 1. The Kier molecular flexibility index (Phi) is 3.78. The normalized spacial score (nSPS) is 12.2. The third-order valence-electron chi connectivity index (χ3n) is 1.89. The summed E-state index contributed by atoms with van der Waals surface area (Å²) >= 11 is 5.99. The lowest BCUT2D eigenvalue weighted by Crippen LogP contribution is -1.83. The van der Waals surface area contributed by atoms with E-state index < -0.39 is 0 Å². The molecule has 0 bridgehead atoms. The minimum Gasteiger partial charge on any atom is -0.103 e. The second-order valence-electron chi connectivity index (χ2n) is 2.87. The molecule has 68 valence electrons. The van der Waals surface area contributed by atoms with E-state index in [0.717, 1.165) is 17.0 Å². The summed E-state index contributed by atoms with van der Waals surface area (Å²) in [5, 5.41) is 0.839. The highest BCUT2D eigenvalue weighted by Gasteiger charge is 2.01. The van der Waals surface area contributed by atoms with Crippen molar-refractivity contribution in [2.75, 3.05) is 0 Å². The van der Waals surface area contributed by atoms with Crippen molar-refractivity contribution in [3.05, 3.63) is 53.6 Å². The van der Waals surface area contributed by atoms with Gasteiger partial charge in [-0.05, 0) is 24.5 Å². The number of hydrogen-bond acceptors (Lipinski definition) is 0. The van der Waals surface area contributed by atoms with E-state index in [-0.39, 0.29) is 0 Å². The largest absolute Gasteiger partial charge is 0.103 e. The van der Waals surface area contributed by atoms with Crippen LogP contribution in [0.1, 0.15) is 18.9 Å². The Labute approximate surface area is 84.5 Å². The molecule has 0 heterocycles. The minimum atomic E-state index is 0.819. The van der Waals surface area contributed by atoms with Crippen LogP contribution in [-0.4, -0.2) is 0 Å². The number of halogens is 1. The topological polar surface area (TPSA) is 0 Å². The van der Waals surface area contributed by atoms with Crippen LogP contribution in [0.5, 0.6) is 0 Å². The molecular formula is C12H13Cl. The van der Waals surface area contributed by atoms with Gasteiger partial charge in [0.05, 0.1) is 0 Å². The van der Waals surface area contributed by atoms with Gasteiger partial charge < -0.3 is 0 Å². The van der Waals surface area contributed by atoms with Crippen LogP contribution in [0.25, 0.3) is 5.57 Å². The summed E-state index contributed by atoms with van der Waals surface area (Å²) in [6, 6.07) is 10.1. The summed E-state index contributed by atoms with van der Waals surface area (Å²) in [4.78, 5) is 0. The van der Waals surface area contributed by atoms with Crippen LogP contribution >= 0.6 is 11.6 Å². The smallest absolute Gasteiger partial charge is 0.0191 e. The Morgan fingerprint density at radius 3 is 2.46 bits per heavy atom. The zero-order valence-corrected chi connectivity index (χ0v) is 8.51. The van der Waals surface area contributed by atoms with Crippen LogP contribution < -0.4 is 0 Å². The standard InChI is InChI=1S/C12H13Cl/c1-3-7-12(10(2)13)11-8-5-4-6-9-11/h3-6,8-9H,1,7H2,2H3. The fraction of sp³-hybridized carbons (Fsp3) is 0.167. The maximum atomic E-state index is 5.99. The van der Waals surface area contributed by atoms with Crippen molar-refractivity contribution >= 4 is 17.2 Å². The molecule has 0 aliphatic carbocycles. The highest BCUT2D eigenvalue weighted by Crippen LogP contribution is 2.24. The lowest BCUT2D eigenvalue weighted by Gasteiger charge is -2.05. The first-order valence-corrected chi connectivity index (χ1v) is 4.65. The Balaban J connectivity index is 3.04. The van der Waals surface area contributed by atoms with Crippen molar-refractivity contribution in [1.29, 1.82) is 0 Å². The first-order valence-electron chi connectivity index (χ1n) is 4.27. The van der Waals surface area contributed by atoms with Crippen molar-refractivity contribution in [3.8, 4) is 0 Å². The second kappa shape index (κ2) is 4.88. The van der Waals surface area contributed by atoms with Gasteiger partial charge in [0, 0.05) is 5.03 Å². The monoisotopic (exact) mass is 192 g/mol. The predicted octanol–water partition coefficient (Wildman–Crippen LogP) is 4.23. The van der Waals surface area contributed by atoms with Crippen LogP contribution in [0, 0.1) is 0 Å². The molecule has 0 fully saturated rings. The molecule has 0 N–H and O–H groups in total. The van der Waals surface area contributed by atoms with E-state index in [4.69, 9.17) is 11.6 Å². The molecule has 0 saturated carbocycles. The summed E-state index contributed by atoms with van der Waals surface area (Å²) in [6.07, 6.45) is 2.69. The van der Waals surface area contributed by atoms with Gasteiger partial charge in [-0.15, -0.1) is 6.58 Å². The number of allylic oxidation sites excluding steroid dienone is 3. The van der Waals surface area contributed by atoms with Crippen LogP contribution in [0.3, 0.4) is 0 Å². The third-order valence-corrected chi connectivity index (χ3v) is 2.11. The van der Waals surface area contributed by atoms with E-state index in [1.807, 2.05) is 31.2 Å². The molecular weight excluding hydrogens is 180 g/mol. The molecule has 0 saturated heterocycles. The van der Waals surface area contributed by atoms with Gasteiger partial charge >= 0.3 is 0 Å². The average molecular weight is 193 g/mol. The van der Waals surface area contributed by atoms with Crippen molar-refractivity contribution in [1.82, 2.24) is 0 Å². The predicted molar refractivity (Wildman–Crippen MR) is 59.7 cm³/mol. The van der Waals surface area contributed by atoms with Crippen LogP contribution in [-0.2, 0) is 0 Å². The van der Waals surface area contributed by atoms with Crippen LogP contribution in [0.2, 0.25) is 0 Å². The fourth-order valence-corrected chi connectivity index (χ4v) is 1.43. The molecule has 0 amide bonds. The van der Waals surface area contributed by atoms with Crippen LogP contribution in [0.15, 0.2) is 48.0 Å².